The van der Waals surface area contributed by atoms with Gasteiger partial charge in [-0.05, 0) is 68.5 Å². The predicted molar refractivity (Wildman–Crippen MR) is 149 cm³/mol. The first-order valence-electron chi connectivity index (χ1n) is 13.1. The van der Waals surface area contributed by atoms with Crippen LogP contribution in [0.4, 0.5) is 0 Å². The number of aromatic nitrogens is 3. The van der Waals surface area contributed by atoms with Crippen molar-refractivity contribution in [2.75, 3.05) is 0 Å². The van der Waals surface area contributed by atoms with Gasteiger partial charge in [0.2, 0.25) is 0 Å². The monoisotopic (exact) mass is 508 g/mol. The number of nitrogens with two attached hydrogens (primary N) is 1. The number of ketones is 1. The minimum atomic E-state index is -0.963. The van der Waals surface area contributed by atoms with Gasteiger partial charge in [-0.25, -0.2) is 4.79 Å². The van der Waals surface area contributed by atoms with Crippen LogP contribution in [0.25, 0.3) is 27.7 Å². The fourth-order valence-electron chi connectivity index (χ4n) is 5.82. The lowest BCUT2D eigenvalue weighted by Crippen LogP contribution is -2.23. The van der Waals surface area contributed by atoms with E-state index in [0.717, 1.165) is 40.7 Å². The van der Waals surface area contributed by atoms with Gasteiger partial charge in [-0.3, -0.25) is 14.8 Å². The molecule has 1 saturated carbocycles. The Labute approximate surface area is 222 Å². The first-order chi connectivity index (χ1) is 18.3. The summed E-state index contributed by atoms with van der Waals surface area (Å²) in [7, 11) is 0. The number of carbonyl (C=O) groups excluding carboxylic acids is 1. The Morgan fingerprint density at radius 3 is 2.34 bits per heavy atom. The Bertz CT molecular complexity index is 1510. The maximum Gasteiger partial charge on any atom is 0.335 e. The van der Waals surface area contributed by atoms with Crippen LogP contribution in [0.2, 0.25) is 0 Å². The highest BCUT2D eigenvalue weighted by molar-refractivity contribution is 6.20. The molecule has 3 N–H and O–H groups in total. The van der Waals surface area contributed by atoms with Crippen molar-refractivity contribution in [3.8, 4) is 11.1 Å². The number of hydrogen-bond donors (Lipinski definition) is 2. The van der Waals surface area contributed by atoms with Gasteiger partial charge in [-0.1, -0.05) is 37.5 Å². The molecule has 0 spiro atoms. The molecule has 1 unspecified atom stereocenters. The second kappa shape index (κ2) is 10.6. The third kappa shape index (κ3) is 4.84. The molecule has 4 aromatic rings. The summed E-state index contributed by atoms with van der Waals surface area (Å²) in [5.41, 5.74) is 12.4. The zero-order valence-corrected chi connectivity index (χ0v) is 21.7. The molecule has 1 atom stereocenters. The third-order valence-electron chi connectivity index (χ3n) is 7.53. The van der Waals surface area contributed by atoms with Crippen molar-refractivity contribution in [2.24, 2.45) is 11.7 Å². The van der Waals surface area contributed by atoms with E-state index in [2.05, 4.69) is 16.8 Å². The quantitative estimate of drug-likeness (QED) is 0.286. The molecule has 1 aliphatic carbocycles. The Balaban J connectivity index is 1.77. The number of benzene rings is 1. The van der Waals surface area contributed by atoms with E-state index in [0.29, 0.717) is 22.8 Å². The Kier molecular flexibility index (Phi) is 7.09. The number of nitrogens with zero attached hydrogens (tertiary/aromatic N) is 3. The minimum Gasteiger partial charge on any atom is -0.478 e. The molecule has 194 valence electrons. The highest BCUT2D eigenvalue weighted by Crippen LogP contribution is 2.41. The zero-order valence-electron chi connectivity index (χ0n) is 21.7. The molecule has 38 heavy (non-hydrogen) atoms. The standard InChI is InChI=1S/C31H32N4O3/c1-19(32)28(20(2)36)24-16-27-29(34-17-24)25(21-11-13-23(14-12-21)31(37)38)18-35(27)30(22-8-4-3-5-9-22)26-10-6-7-15-33-26/h6-7,10-18,22,30H,3-5,8-9,32H2,1-2H3,(H,37,38)/b28-19+. The number of carboxylic acid groups (broad SMARTS) is 1. The summed E-state index contributed by atoms with van der Waals surface area (Å²) in [4.78, 5) is 33.5. The van der Waals surface area contributed by atoms with E-state index >= 15 is 0 Å². The number of carboxylic acids is 1. The van der Waals surface area contributed by atoms with Crippen molar-refractivity contribution in [2.45, 2.75) is 52.0 Å². The molecule has 0 amide bonds. The van der Waals surface area contributed by atoms with Crippen molar-refractivity contribution < 1.29 is 14.7 Å². The van der Waals surface area contributed by atoms with Crippen molar-refractivity contribution in [3.05, 3.63) is 89.6 Å². The summed E-state index contributed by atoms with van der Waals surface area (Å²) in [6, 6.07) is 14.9. The van der Waals surface area contributed by atoms with Gasteiger partial charge in [0.1, 0.15) is 0 Å². The molecule has 1 aliphatic rings. The van der Waals surface area contributed by atoms with E-state index in [1.54, 1.807) is 25.3 Å². The highest BCUT2D eigenvalue weighted by Gasteiger charge is 2.30. The fourth-order valence-corrected chi connectivity index (χ4v) is 5.82. The summed E-state index contributed by atoms with van der Waals surface area (Å²) >= 11 is 0. The second-order valence-corrected chi connectivity index (χ2v) is 10.1. The fraction of sp³-hybridized carbons (Fsp3) is 0.290. The number of allylic oxidation sites excluding steroid dienone is 2. The van der Waals surface area contributed by atoms with Crippen LogP contribution in [0, 0.1) is 5.92 Å². The van der Waals surface area contributed by atoms with Gasteiger partial charge in [0.25, 0.3) is 0 Å². The van der Waals surface area contributed by atoms with Gasteiger partial charge >= 0.3 is 5.97 Å². The molecule has 3 aromatic heterocycles. The molecular weight excluding hydrogens is 476 g/mol. The largest absolute Gasteiger partial charge is 0.478 e. The van der Waals surface area contributed by atoms with Gasteiger partial charge in [-0.15, -0.1) is 0 Å². The average molecular weight is 509 g/mol. The van der Waals surface area contributed by atoms with Crippen molar-refractivity contribution in [1.29, 1.82) is 0 Å². The van der Waals surface area contributed by atoms with Crippen molar-refractivity contribution >= 4 is 28.4 Å². The summed E-state index contributed by atoms with van der Waals surface area (Å²) in [6.45, 7) is 3.25. The molecule has 0 bridgehead atoms. The molecule has 3 heterocycles. The average Bonchev–Trinajstić information content (AvgIpc) is 3.28. The van der Waals surface area contributed by atoms with E-state index in [-0.39, 0.29) is 17.4 Å². The van der Waals surface area contributed by atoms with Crippen LogP contribution in [0.1, 0.15) is 73.6 Å². The number of hydrogen-bond acceptors (Lipinski definition) is 5. The number of pyridine rings is 2. The third-order valence-corrected chi connectivity index (χ3v) is 7.53. The van der Waals surface area contributed by atoms with Crippen LogP contribution in [-0.4, -0.2) is 31.4 Å². The summed E-state index contributed by atoms with van der Waals surface area (Å²) < 4.78 is 2.26. The molecule has 0 radical (unpaired) electrons. The van der Waals surface area contributed by atoms with Crippen molar-refractivity contribution in [3.63, 3.8) is 0 Å². The lowest BCUT2D eigenvalue weighted by Gasteiger charge is -2.31. The molecule has 1 fully saturated rings. The van der Waals surface area contributed by atoms with Crippen LogP contribution >= 0.6 is 0 Å². The van der Waals surface area contributed by atoms with E-state index < -0.39 is 5.97 Å². The topological polar surface area (TPSA) is 111 Å². The van der Waals surface area contributed by atoms with Gasteiger partial charge in [-0.2, -0.15) is 0 Å². The van der Waals surface area contributed by atoms with Gasteiger partial charge in [0.15, 0.2) is 5.78 Å². The molecule has 0 saturated heterocycles. The molecule has 7 heteroatoms. The maximum atomic E-state index is 12.5. The normalized spacial score (nSPS) is 15.7. The number of aromatic carboxylic acids is 1. The first-order valence-corrected chi connectivity index (χ1v) is 13.1. The van der Waals surface area contributed by atoms with E-state index in [1.807, 2.05) is 36.5 Å². The smallest absolute Gasteiger partial charge is 0.335 e. The zero-order chi connectivity index (χ0) is 26.8. The van der Waals surface area contributed by atoms with Gasteiger partial charge < -0.3 is 15.4 Å². The Morgan fingerprint density at radius 2 is 1.74 bits per heavy atom. The van der Waals surface area contributed by atoms with E-state index in [9.17, 15) is 14.7 Å². The van der Waals surface area contributed by atoms with Crippen LogP contribution < -0.4 is 5.73 Å². The highest BCUT2D eigenvalue weighted by atomic mass is 16.4. The molecule has 0 aliphatic heterocycles. The van der Waals surface area contributed by atoms with Gasteiger partial charge in [0.05, 0.1) is 28.3 Å². The number of fused-ring (bicyclic) bond motifs is 1. The van der Waals surface area contributed by atoms with Crippen LogP contribution in [0.3, 0.4) is 0 Å². The van der Waals surface area contributed by atoms with Crippen LogP contribution in [-0.2, 0) is 4.79 Å². The molecule has 7 nitrogen and oxygen atoms in total. The first kappa shape index (κ1) is 25.4. The molecular formula is C31H32N4O3. The number of carbonyl (C=O) groups is 2. The van der Waals surface area contributed by atoms with E-state index in [4.69, 9.17) is 15.7 Å². The molecule has 1 aromatic carbocycles. The summed E-state index contributed by atoms with van der Waals surface area (Å²) in [5, 5.41) is 9.37. The lowest BCUT2D eigenvalue weighted by atomic mass is 9.82. The lowest BCUT2D eigenvalue weighted by molar-refractivity contribution is -0.111. The Hall–Kier alpha value is -4.26. The van der Waals surface area contributed by atoms with Crippen LogP contribution in [0.5, 0.6) is 0 Å². The summed E-state index contributed by atoms with van der Waals surface area (Å²) in [5.74, 6) is -0.670. The SMILES string of the molecule is CC(=O)/C(=C(/C)N)c1cnc2c(-c3ccc(C(=O)O)cc3)cn(C(c3ccccn3)C3CCCCC3)c2c1. The van der Waals surface area contributed by atoms with Crippen LogP contribution in [0.15, 0.2) is 72.8 Å². The predicted octanol–water partition coefficient (Wildman–Crippen LogP) is 6.24. The molecule has 5 rings (SSSR count). The maximum absolute atomic E-state index is 12.5. The second-order valence-electron chi connectivity index (χ2n) is 10.1. The Morgan fingerprint density at radius 1 is 1.00 bits per heavy atom. The number of rotatable bonds is 7. The van der Waals surface area contributed by atoms with E-state index in [1.165, 1.54) is 26.2 Å². The summed E-state index contributed by atoms with van der Waals surface area (Å²) in [6.07, 6.45) is 11.5. The van der Waals surface area contributed by atoms with Gasteiger partial charge in [0, 0.05) is 41.0 Å². The van der Waals surface area contributed by atoms with Crippen molar-refractivity contribution in [1.82, 2.24) is 14.5 Å². The minimum absolute atomic E-state index is 0.00757. The number of Topliss-reactive ketones (excluding diaryl/α,β-unsaturated/α-hetero) is 1.